The van der Waals surface area contributed by atoms with Gasteiger partial charge in [-0.25, -0.2) is 0 Å². The summed E-state index contributed by atoms with van der Waals surface area (Å²) < 4.78 is 17.5. The fraction of sp³-hybridized carbons (Fsp3) is 0.350. The van der Waals surface area contributed by atoms with E-state index in [-0.39, 0.29) is 11.9 Å². The van der Waals surface area contributed by atoms with Crippen LogP contribution in [0.15, 0.2) is 48.5 Å². The van der Waals surface area contributed by atoms with Crippen molar-refractivity contribution in [1.82, 2.24) is 0 Å². The number of carbonyl (C=O) groups is 1. The lowest BCUT2D eigenvalue weighted by atomic mass is 9.73. The van der Waals surface area contributed by atoms with Crippen LogP contribution in [0.5, 0.6) is 5.75 Å². The SMILES string of the molecule is COC1(C)CC(c2ccccc2)C2C(=O)Oc3cc(N)ccc3C2O1. The van der Waals surface area contributed by atoms with Gasteiger partial charge in [-0.2, -0.15) is 0 Å². The van der Waals surface area contributed by atoms with Gasteiger partial charge < -0.3 is 19.9 Å². The number of nitrogens with two attached hydrogens (primary N) is 1. The van der Waals surface area contributed by atoms with Gasteiger partial charge in [0.15, 0.2) is 5.79 Å². The van der Waals surface area contributed by atoms with Crippen molar-refractivity contribution >= 4 is 11.7 Å². The summed E-state index contributed by atoms with van der Waals surface area (Å²) in [7, 11) is 1.63. The zero-order chi connectivity index (χ0) is 17.6. The molecule has 1 saturated heterocycles. The summed E-state index contributed by atoms with van der Waals surface area (Å²) in [4.78, 5) is 12.8. The van der Waals surface area contributed by atoms with Crippen LogP contribution in [0.1, 0.15) is 36.5 Å². The second-order valence-corrected chi connectivity index (χ2v) is 6.84. The second kappa shape index (κ2) is 5.86. The first-order valence-corrected chi connectivity index (χ1v) is 8.40. The summed E-state index contributed by atoms with van der Waals surface area (Å²) in [6, 6.07) is 15.3. The molecule has 4 unspecified atom stereocenters. The summed E-state index contributed by atoms with van der Waals surface area (Å²) in [5.74, 6) is -1.06. The van der Waals surface area contributed by atoms with Crippen LogP contribution in [-0.4, -0.2) is 18.9 Å². The maximum atomic E-state index is 12.8. The molecular formula is C20H21NO4. The third kappa shape index (κ3) is 2.69. The second-order valence-electron chi connectivity index (χ2n) is 6.84. The predicted octanol–water partition coefficient (Wildman–Crippen LogP) is 3.41. The Bertz CT molecular complexity index is 807. The van der Waals surface area contributed by atoms with E-state index in [1.54, 1.807) is 19.2 Å². The van der Waals surface area contributed by atoms with Crippen LogP contribution in [0.2, 0.25) is 0 Å². The first kappa shape index (κ1) is 16.1. The van der Waals surface area contributed by atoms with Crippen molar-refractivity contribution in [2.24, 2.45) is 5.92 Å². The van der Waals surface area contributed by atoms with E-state index in [1.165, 1.54) is 0 Å². The summed E-state index contributed by atoms with van der Waals surface area (Å²) in [6.45, 7) is 1.91. The van der Waals surface area contributed by atoms with Gasteiger partial charge in [0.2, 0.25) is 0 Å². The predicted molar refractivity (Wildman–Crippen MR) is 93.0 cm³/mol. The summed E-state index contributed by atoms with van der Waals surface area (Å²) >= 11 is 0. The standard InChI is InChI=1S/C20H21NO4/c1-20(23-2)11-15(12-6-4-3-5-7-12)17-18(25-20)14-9-8-13(21)10-16(14)24-19(17)22/h3-10,15,17-18H,11,21H2,1-2H3. The summed E-state index contributed by atoms with van der Waals surface area (Å²) in [5.41, 5.74) is 8.31. The number of fused-ring (bicyclic) bond motifs is 3. The number of esters is 1. The van der Waals surface area contributed by atoms with E-state index in [0.29, 0.717) is 17.9 Å². The smallest absolute Gasteiger partial charge is 0.317 e. The van der Waals surface area contributed by atoms with Crippen LogP contribution in [0.3, 0.4) is 0 Å². The Morgan fingerprint density at radius 2 is 1.96 bits per heavy atom. The molecule has 2 aromatic rings. The highest BCUT2D eigenvalue weighted by molar-refractivity contribution is 5.81. The van der Waals surface area contributed by atoms with Crippen molar-refractivity contribution in [3.8, 4) is 5.75 Å². The monoisotopic (exact) mass is 339 g/mol. The van der Waals surface area contributed by atoms with E-state index >= 15 is 0 Å². The zero-order valence-corrected chi connectivity index (χ0v) is 14.3. The minimum atomic E-state index is -0.780. The highest BCUT2D eigenvalue weighted by Gasteiger charge is 2.52. The zero-order valence-electron chi connectivity index (χ0n) is 14.3. The number of anilines is 1. The molecule has 0 radical (unpaired) electrons. The lowest BCUT2D eigenvalue weighted by molar-refractivity contribution is -0.279. The maximum absolute atomic E-state index is 12.8. The third-order valence-corrected chi connectivity index (χ3v) is 5.21. The van der Waals surface area contributed by atoms with Crippen LogP contribution in [0, 0.1) is 5.92 Å². The molecule has 25 heavy (non-hydrogen) atoms. The van der Waals surface area contributed by atoms with E-state index in [2.05, 4.69) is 0 Å². The van der Waals surface area contributed by atoms with E-state index in [9.17, 15) is 4.79 Å². The molecule has 0 bridgehead atoms. The molecule has 0 saturated carbocycles. The molecule has 0 spiro atoms. The quantitative estimate of drug-likeness (QED) is 0.516. The fourth-order valence-electron chi connectivity index (χ4n) is 3.88. The Morgan fingerprint density at radius 3 is 2.68 bits per heavy atom. The van der Waals surface area contributed by atoms with Gasteiger partial charge in [-0.3, -0.25) is 4.79 Å². The lowest BCUT2D eigenvalue weighted by Gasteiger charge is -2.47. The maximum Gasteiger partial charge on any atom is 0.317 e. The Balaban J connectivity index is 1.83. The van der Waals surface area contributed by atoms with Crippen LogP contribution in [0.4, 0.5) is 5.69 Å². The molecule has 2 heterocycles. The van der Waals surface area contributed by atoms with Gasteiger partial charge in [-0.05, 0) is 18.6 Å². The van der Waals surface area contributed by atoms with Crippen molar-refractivity contribution in [3.63, 3.8) is 0 Å². The number of carbonyl (C=O) groups excluding carboxylic acids is 1. The molecule has 2 N–H and O–H groups in total. The average Bonchev–Trinajstić information content (AvgIpc) is 2.61. The van der Waals surface area contributed by atoms with Crippen molar-refractivity contribution in [2.75, 3.05) is 12.8 Å². The van der Waals surface area contributed by atoms with Gasteiger partial charge in [0, 0.05) is 36.8 Å². The Kier molecular flexibility index (Phi) is 3.78. The van der Waals surface area contributed by atoms with E-state index in [0.717, 1.165) is 11.1 Å². The fourth-order valence-corrected chi connectivity index (χ4v) is 3.88. The largest absolute Gasteiger partial charge is 0.426 e. The van der Waals surface area contributed by atoms with Crippen LogP contribution in [0.25, 0.3) is 0 Å². The topological polar surface area (TPSA) is 70.8 Å². The summed E-state index contributed by atoms with van der Waals surface area (Å²) in [5, 5.41) is 0. The average molecular weight is 339 g/mol. The molecule has 0 amide bonds. The highest BCUT2D eigenvalue weighted by Crippen LogP contribution is 2.53. The molecule has 4 rings (SSSR count). The number of ether oxygens (including phenoxy) is 3. The molecule has 5 nitrogen and oxygen atoms in total. The number of hydrogen-bond donors (Lipinski definition) is 1. The van der Waals surface area contributed by atoms with Crippen molar-refractivity contribution in [1.29, 1.82) is 0 Å². The van der Waals surface area contributed by atoms with Gasteiger partial charge in [0.25, 0.3) is 0 Å². The van der Waals surface area contributed by atoms with Crippen molar-refractivity contribution < 1.29 is 19.0 Å². The van der Waals surface area contributed by atoms with Crippen molar-refractivity contribution in [2.45, 2.75) is 31.2 Å². The molecule has 1 fully saturated rings. The molecule has 0 aromatic heterocycles. The number of methoxy groups -OCH3 is 1. The van der Waals surface area contributed by atoms with Gasteiger partial charge in [-0.1, -0.05) is 36.4 Å². The Morgan fingerprint density at radius 1 is 1.20 bits per heavy atom. The number of nitrogen functional groups attached to an aromatic ring is 1. The molecule has 2 aromatic carbocycles. The highest BCUT2D eigenvalue weighted by atomic mass is 16.7. The minimum absolute atomic E-state index is 0.0527. The molecule has 0 aliphatic carbocycles. The molecule has 130 valence electrons. The number of hydrogen-bond acceptors (Lipinski definition) is 5. The first-order chi connectivity index (χ1) is 12.0. The lowest BCUT2D eigenvalue weighted by Crippen LogP contribution is -2.49. The van der Waals surface area contributed by atoms with Gasteiger partial charge in [-0.15, -0.1) is 0 Å². The molecule has 2 aliphatic rings. The Hall–Kier alpha value is -2.37. The van der Waals surface area contributed by atoms with E-state index < -0.39 is 17.8 Å². The number of benzene rings is 2. The van der Waals surface area contributed by atoms with Crippen LogP contribution < -0.4 is 10.5 Å². The molecule has 5 heteroatoms. The van der Waals surface area contributed by atoms with E-state index in [1.807, 2.05) is 43.3 Å². The Labute approximate surface area is 146 Å². The first-order valence-electron chi connectivity index (χ1n) is 8.40. The van der Waals surface area contributed by atoms with E-state index in [4.69, 9.17) is 19.9 Å². The minimum Gasteiger partial charge on any atom is -0.426 e. The van der Waals surface area contributed by atoms with Gasteiger partial charge in [0.05, 0.1) is 5.92 Å². The third-order valence-electron chi connectivity index (χ3n) is 5.21. The van der Waals surface area contributed by atoms with Crippen LogP contribution in [-0.2, 0) is 14.3 Å². The van der Waals surface area contributed by atoms with Gasteiger partial charge in [0.1, 0.15) is 11.9 Å². The normalized spacial score (nSPS) is 31.0. The van der Waals surface area contributed by atoms with Gasteiger partial charge >= 0.3 is 5.97 Å². The summed E-state index contributed by atoms with van der Waals surface area (Å²) in [6.07, 6.45) is 0.148. The molecule has 4 atom stereocenters. The molecule has 2 aliphatic heterocycles. The van der Waals surface area contributed by atoms with Crippen molar-refractivity contribution in [3.05, 3.63) is 59.7 Å². The molecular weight excluding hydrogens is 318 g/mol. The van der Waals surface area contributed by atoms with Crippen LogP contribution >= 0.6 is 0 Å². The number of rotatable bonds is 2.